The van der Waals surface area contributed by atoms with Crippen LogP contribution in [0.5, 0.6) is 0 Å². The lowest BCUT2D eigenvalue weighted by atomic mass is 10.1. The molecular weight excluding hydrogens is 284 g/mol. The summed E-state index contributed by atoms with van der Waals surface area (Å²) in [4.78, 5) is 15.5. The molecule has 4 nitrogen and oxygen atoms in total. The molecule has 0 aliphatic heterocycles. The lowest BCUT2D eigenvalue weighted by Crippen LogP contribution is -2.04. The minimum atomic E-state index is -0.194. The number of benzene rings is 1. The van der Waals surface area contributed by atoms with Crippen LogP contribution in [0.15, 0.2) is 35.7 Å². The summed E-state index contributed by atoms with van der Waals surface area (Å²) in [6, 6.07) is 10.5. The molecule has 0 saturated carbocycles. The van der Waals surface area contributed by atoms with Gasteiger partial charge in [0.1, 0.15) is 0 Å². The highest BCUT2D eigenvalue weighted by Crippen LogP contribution is 2.16. The Labute approximate surface area is 129 Å². The average molecular weight is 304 g/mol. The Morgan fingerprint density at radius 3 is 2.86 bits per heavy atom. The van der Waals surface area contributed by atoms with Crippen LogP contribution in [0.4, 0.5) is 5.13 Å². The SMILES string of the molecule is COC(=O)CCc1csc(NCCCc2ccccc2)n1. The van der Waals surface area contributed by atoms with Crippen LogP contribution in [0.2, 0.25) is 0 Å². The third kappa shape index (κ3) is 5.55. The first-order chi connectivity index (χ1) is 10.3. The predicted molar refractivity (Wildman–Crippen MR) is 85.7 cm³/mol. The zero-order chi connectivity index (χ0) is 14.9. The van der Waals surface area contributed by atoms with Gasteiger partial charge in [0.25, 0.3) is 0 Å². The summed E-state index contributed by atoms with van der Waals surface area (Å²) < 4.78 is 4.62. The van der Waals surface area contributed by atoms with Crippen LogP contribution in [0, 0.1) is 0 Å². The molecular formula is C16H20N2O2S. The molecule has 2 aromatic rings. The number of nitrogens with one attached hydrogen (secondary N) is 1. The Morgan fingerprint density at radius 2 is 2.10 bits per heavy atom. The van der Waals surface area contributed by atoms with Gasteiger partial charge in [-0.05, 0) is 18.4 Å². The van der Waals surface area contributed by atoms with Crippen LogP contribution in [0.3, 0.4) is 0 Å². The summed E-state index contributed by atoms with van der Waals surface area (Å²) in [6.07, 6.45) is 3.15. The summed E-state index contributed by atoms with van der Waals surface area (Å²) in [6.45, 7) is 0.902. The Bertz CT molecular complexity index is 554. The third-order valence-electron chi connectivity index (χ3n) is 3.13. The maximum atomic E-state index is 11.1. The van der Waals surface area contributed by atoms with Crippen LogP contribution in [0.25, 0.3) is 0 Å². The molecule has 0 bridgehead atoms. The summed E-state index contributed by atoms with van der Waals surface area (Å²) in [5.41, 5.74) is 2.30. The number of aryl methyl sites for hydroxylation is 2. The maximum Gasteiger partial charge on any atom is 0.305 e. The molecule has 0 radical (unpaired) electrons. The van der Waals surface area contributed by atoms with Gasteiger partial charge in [-0.1, -0.05) is 30.3 Å². The molecule has 112 valence electrons. The summed E-state index contributed by atoms with van der Waals surface area (Å²) >= 11 is 1.58. The third-order valence-corrected chi connectivity index (χ3v) is 3.97. The van der Waals surface area contributed by atoms with Crippen molar-refractivity contribution in [2.45, 2.75) is 25.7 Å². The van der Waals surface area contributed by atoms with Gasteiger partial charge in [-0.25, -0.2) is 4.98 Å². The summed E-state index contributed by atoms with van der Waals surface area (Å²) in [5, 5.41) is 6.24. The Balaban J connectivity index is 1.67. The van der Waals surface area contributed by atoms with E-state index in [1.807, 2.05) is 11.4 Å². The van der Waals surface area contributed by atoms with Crippen LogP contribution in [-0.4, -0.2) is 24.6 Å². The first-order valence-electron chi connectivity index (χ1n) is 7.07. The normalized spacial score (nSPS) is 10.3. The number of carbonyl (C=O) groups excluding carboxylic acids is 1. The maximum absolute atomic E-state index is 11.1. The van der Waals surface area contributed by atoms with E-state index in [0.29, 0.717) is 12.8 Å². The summed E-state index contributed by atoms with van der Waals surface area (Å²) in [5.74, 6) is -0.194. The lowest BCUT2D eigenvalue weighted by Gasteiger charge is -2.03. The number of hydrogen-bond donors (Lipinski definition) is 1. The monoisotopic (exact) mass is 304 g/mol. The highest BCUT2D eigenvalue weighted by Gasteiger charge is 2.05. The Morgan fingerprint density at radius 1 is 1.29 bits per heavy atom. The van der Waals surface area contributed by atoms with Crippen molar-refractivity contribution >= 4 is 22.4 Å². The van der Waals surface area contributed by atoms with Gasteiger partial charge in [0, 0.05) is 18.3 Å². The van der Waals surface area contributed by atoms with Crippen molar-refractivity contribution < 1.29 is 9.53 Å². The second-order valence-corrected chi connectivity index (χ2v) is 5.59. The van der Waals surface area contributed by atoms with E-state index in [1.54, 1.807) is 11.3 Å². The molecule has 0 saturated heterocycles. The molecule has 0 spiro atoms. The van der Waals surface area contributed by atoms with Gasteiger partial charge in [-0.2, -0.15) is 0 Å². The second-order valence-electron chi connectivity index (χ2n) is 4.74. The highest BCUT2D eigenvalue weighted by atomic mass is 32.1. The van der Waals surface area contributed by atoms with Crippen molar-refractivity contribution in [3.8, 4) is 0 Å². The number of hydrogen-bond acceptors (Lipinski definition) is 5. The molecule has 1 aromatic carbocycles. The van der Waals surface area contributed by atoms with Crippen LogP contribution >= 0.6 is 11.3 Å². The number of carbonyl (C=O) groups is 1. The number of nitrogens with zero attached hydrogens (tertiary/aromatic N) is 1. The van der Waals surface area contributed by atoms with Crippen molar-refractivity contribution in [1.29, 1.82) is 0 Å². The van der Waals surface area contributed by atoms with E-state index in [-0.39, 0.29) is 5.97 Å². The Hall–Kier alpha value is -1.88. The van der Waals surface area contributed by atoms with Crippen molar-refractivity contribution in [3.63, 3.8) is 0 Å². The number of methoxy groups -OCH3 is 1. The van der Waals surface area contributed by atoms with Gasteiger partial charge < -0.3 is 10.1 Å². The van der Waals surface area contributed by atoms with E-state index in [2.05, 4.69) is 39.3 Å². The molecule has 21 heavy (non-hydrogen) atoms. The number of ether oxygens (including phenoxy) is 1. The minimum absolute atomic E-state index is 0.194. The molecule has 1 N–H and O–H groups in total. The van der Waals surface area contributed by atoms with Gasteiger partial charge >= 0.3 is 5.97 Å². The number of esters is 1. The van der Waals surface area contributed by atoms with E-state index in [4.69, 9.17) is 0 Å². The topological polar surface area (TPSA) is 51.2 Å². The lowest BCUT2D eigenvalue weighted by molar-refractivity contribution is -0.140. The minimum Gasteiger partial charge on any atom is -0.469 e. The molecule has 0 unspecified atom stereocenters. The molecule has 0 atom stereocenters. The largest absolute Gasteiger partial charge is 0.469 e. The predicted octanol–water partition coefficient (Wildman–Crippen LogP) is 3.29. The zero-order valence-electron chi connectivity index (χ0n) is 12.2. The van der Waals surface area contributed by atoms with Gasteiger partial charge in [0.15, 0.2) is 5.13 Å². The van der Waals surface area contributed by atoms with Crippen LogP contribution < -0.4 is 5.32 Å². The van der Waals surface area contributed by atoms with Gasteiger partial charge in [-0.3, -0.25) is 4.79 Å². The molecule has 5 heteroatoms. The van der Waals surface area contributed by atoms with E-state index in [9.17, 15) is 4.79 Å². The molecule has 2 rings (SSSR count). The van der Waals surface area contributed by atoms with Gasteiger partial charge in [-0.15, -0.1) is 11.3 Å². The van der Waals surface area contributed by atoms with E-state index < -0.39 is 0 Å². The second kappa shape index (κ2) is 8.42. The Kier molecular flexibility index (Phi) is 6.22. The number of rotatable bonds is 8. The fourth-order valence-corrected chi connectivity index (χ4v) is 2.74. The zero-order valence-corrected chi connectivity index (χ0v) is 13.0. The van der Waals surface area contributed by atoms with E-state index in [0.717, 1.165) is 30.2 Å². The van der Waals surface area contributed by atoms with E-state index >= 15 is 0 Å². The first-order valence-corrected chi connectivity index (χ1v) is 7.95. The van der Waals surface area contributed by atoms with Crippen molar-refractivity contribution in [1.82, 2.24) is 4.98 Å². The number of anilines is 1. The molecule has 0 aliphatic carbocycles. The summed E-state index contributed by atoms with van der Waals surface area (Å²) in [7, 11) is 1.41. The highest BCUT2D eigenvalue weighted by molar-refractivity contribution is 7.13. The standard InChI is InChI=1S/C16H20N2O2S/c1-20-15(19)10-9-14-12-21-16(18-14)17-11-5-8-13-6-3-2-4-7-13/h2-4,6-7,12H,5,8-11H2,1H3,(H,17,18). The van der Waals surface area contributed by atoms with Crippen molar-refractivity contribution in [2.24, 2.45) is 0 Å². The van der Waals surface area contributed by atoms with Gasteiger partial charge in [0.05, 0.1) is 19.2 Å². The van der Waals surface area contributed by atoms with Crippen LogP contribution in [0.1, 0.15) is 24.1 Å². The van der Waals surface area contributed by atoms with Crippen molar-refractivity contribution in [2.75, 3.05) is 19.0 Å². The van der Waals surface area contributed by atoms with Gasteiger partial charge in [0.2, 0.25) is 0 Å². The fraction of sp³-hybridized carbons (Fsp3) is 0.375. The molecule has 0 aliphatic rings. The smallest absolute Gasteiger partial charge is 0.305 e. The van der Waals surface area contributed by atoms with Crippen molar-refractivity contribution in [3.05, 3.63) is 47.0 Å². The van der Waals surface area contributed by atoms with E-state index in [1.165, 1.54) is 12.7 Å². The average Bonchev–Trinajstić information content (AvgIpc) is 2.98. The molecule has 1 heterocycles. The molecule has 0 fully saturated rings. The fourth-order valence-electron chi connectivity index (χ4n) is 1.97. The molecule has 0 amide bonds. The quantitative estimate of drug-likeness (QED) is 0.600. The number of aromatic nitrogens is 1. The molecule has 1 aromatic heterocycles. The first kappa shape index (κ1) is 15.5. The number of thiazole rings is 1. The van der Waals surface area contributed by atoms with Crippen LogP contribution in [-0.2, 0) is 22.4 Å².